The molecular formula is C13H16O4S. The number of aliphatic hydroxyl groups excluding tert-OH is 2. The first-order valence-electron chi connectivity index (χ1n) is 6.02. The van der Waals surface area contributed by atoms with E-state index in [1.165, 1.54) is 11.8 Å². The molecule has 0 aromatic heterocycles. The lowest BCUT2D eigenvalue weighted by Crippen LogP contribution is -2.57. The molecule has 0 saturated carbocycles. The molecule has 2 heterocycles. The van der Waals surface area contributed by atoms with Crippen molar-refractivity contribution in [2.24, 2.45) is 0 Å². The van der Waals surface area contributed by atoms with Gasteiger partial charge < -0.3 is 19.7 Å². The van der Waals surface area contributed by atoms with Crippen LogP contribution in [0.5, 0.6) is 5.75 Å². The van der Waals surface area contributed by atoms with E-state index in [0.29, 0.717) is 0 Å². The molecular weight excluding hydrogens is 252 g/mol. The molecule has 1 aromatic rings. The molecule has 0 radical (unpaired) electrons. The van der Waals surface area contributed by atoms with E-state index in [4.69, 9.17) is 9.47 Å². The zero-order valence-electron chi connectivity index (χ0n) is 10.2. The van der Waals surface area contributed by atoms with Gasteiger partial charge in [-0.1, -0.05) is 6.07 Å². The van der Waals surface area contributed by atoms with Crippen molar-refractivity contribution in [1.29, 1.82) is 0 Å². The molecule has 3 rings (SSSR count). The maximum atomic E-state index is 10.1. The number of aliphatic hydroxyl groups is 2. The lowest BCUT2D eigenvalue weighted by atomic mass is 10.0. The molecule has 0 bridgehead atoms. The van der Waals surface area contributed by atoms with Gasteiger partial charge in [-0.3, -0.25) is 0 Å². The fraction of sp³-hybridized carbons (Fsp3) is 0.538. The number of fused-ring (bicyclic) bond motifs is 2. The second kappa shape index (κ2) is 4.42. The van der Waals surface area contributed by atoms with Crippen LogP contribution in [0.3, 0.4) is 0 Å². The zero-order chi connectivity index (χ0) is 12.9. The van der Waals surface area contributed by atoms with E-state index >= 15 is 0 Å². The van der Waals surface area contributed by atoms with Crippen molar-refractivity contribution in [2.45, 2.75) is 48.6 Å². The first-order valence-corrected chi connectivity index (χ1v) is 6.90. The number of thioether (sulfide) groups is 1. The second-order valence-electron chi connectivity index (χ2n) is 4.84. The predicted octanol–water partition coefficient (Wildman–Crippen LogP) is 1.31. The number of aryl methyl sites for hydroxylation is 1. The molecule has 0 spiro atoms. The Balaban J connectivity index is 1.92. The second-order valence-corrected chi connectivity index (χ2v) is 6.06. The molecule has 18 heavy (non-hydrogen) atoms. The fourth-order valence-electron chi connectivity index (χ4n) is 2.30. The normalized spacial score (nSPS) is 38.6. The molecule has 1 saturated heterocycles. The van der Waals surface area contributed by atoms with E-state index < -0.39 is 24.6 Å². The summed E-state index contributed by atoms with van der Waals surface area (Å²) in [6, 6.07) is 5.92. The highest BCUT2D eigenvalue weighted by Crippen LogP contribution is 2.44. The Morgan fingerprint density at radius 2 is 2.00 bits per heavy atom. The minimum Gasteiger partial charge on any atom is -0.462 e. The van der Waals surface area contributed by atoms with Crippen LogP contribution < -0.4 is 4.74 Å². The van der Waals surface area contributed by atoms with Crippen molar-refractivity contribution < 1.29 is 19.7 Å². The van der Waals surface area contributed by atoms with Gasteiger partial charge in [-0.2, -0.15) is 0 Å². The summed E-state index contributed by atoms with van der Waals surface area (Å²) in [5, 5.41) is 19.7. The number of hydrogen-bond donors (Lipinski definition) is 2. The SMILES string of the molecule is Cc1ccc2c(c1)S[C@@H]1[C@H](O2)O[C@@H](C)[C@@H](O)[C@H]1O. The van der Waals surface area contributed by atoms with Gasteiger partial charge in [0.2, 0.25) is 6.29 Å². The smallest absolute Gasteiger partial charge is 0.215 e. The van der Waals surface area contributed by atoms with Crippen molar-refractivity contribution >= 4 is 11.8 Å². The Labute approximate surface area is 110 Å². The highest BCUT2D eigenvalue weighted by molar-refractivity contribution is 8.00. The standard InChI is InChI=1S/C13H16O4S/c1-6-3-4-8-9(5-6)18-12-11(15)10(14)7(2)16-13(12)17-8/h3-5,7,10-15H,1-2H3/t7-,10+,11+,12-,13-/m0/s1. The van der Waals surface area contributed by atoms with Gasteiger partial charge >= 0.3 is 0 Å². The molecule has 5 atom stereocenters. The highest BCUT2D eigenvalue weighted by Gasteiger charge is 2.46. The Morgan fingerprint density at radius 1 is 1.22 bits per heavy atom. The molecule has 4 nitrogen and oxygen atoms in total. The number of ether oxygens (including phenoxy) is 2. The molecule has 1 aromatic carbocycles. The lowest BCUT2D eigenvalue weighted by Gasteiger charge is -2.43. The number of rotatable bonds is 0. The van der Waals surface area contributed by atoms with E-state index in [-0.39, 0.29) is 5.25 Å². The number of hydrogen-bond acceptors (Lipinski definition) is 5. The van der Waals surface area contributed by atoms with Crippen LogP contribution in [0.15, 0.2) is 23.1 Å². The molecule has 2 aliphatic rings. The summed E-state index contributed by atoms with van der Waals surface area (Å²) in [4.78, 5) is 0.987. The van der Waals surface area contributed by atoms with Gasteiger partial charge in [0.25, 0.3) is 0 Å². The van der Waals surface area contributed by atoms with Crippen LogP contribution in [0, 0.1) is 6.92 Å². The average Bonchev–Trinajstić information content (AvgIpc) is 2.35. The summed E-state index contributed by atoms with van der Waals surface area (Å²) in [5.41, 5.74) is 1.14. The summed E-state index contributed by atoms with van der Waals surface area (Å²) in [7, 11) is 0. The minimum atomic E-state index is -0.867. The van der Waals surface area contributed by atoms with Gasteiger partial charge in [-0.05, 0) is 31.5 Å². The summed E-state index contributed by atoms with van der Waals surface area (Å²) >= 11 is 1.51. The van der Waals surface area contributed by atoms with E-state index in [2.05, 4.69) is 0 Å². The molecule has 1 fully saturated rings. The number of benzene rings is 1. The van der Waals surface area contributed by atoms with Gasteiger partial charge in [-0.15, -0.1) is 11.8 Å². The fourth-order valence-corrected chi connectivity index (χ4v) is 3.61. The van der Waals surface area contributed by atoms with Crippen molar-refractivity contribution in [3.8, 4) is 5.75 Å². The maximum absolute atomic E-state index is 10.1. The van der Waals surface area contributed by atoms with Gasteiger partial charge in [-0.25, -0.2) is 0 Å². The third kappa shape index (κ3) is 1.91. The van der Waals surface area contributed by atoms with E-state index in [1.807, 2.05) is 25.1 Å². The van der Waals surface area contributed by atoms with Crippen molar-refractivity contribution in [1.82, 2.24) is 0 Å². The molecule has 5 heteroatoms. The van der Waals surface area contributed by atoms with Gasteiger partial charge in [0.15, 0.2) is 0 Å². The Bertz CT molecular complexity index is 464. The van der Waals surface area contributed by atoms with Crippen molar-refractivity contribution in [3.63, 3.8) is 0 Å². The largest absolute Gasteiger partial charge is 0.462 e. The van der Waals surface area contributed by atoms with Crippen LogP contribution in [0.25, 0.3) is 0 Å². The quantitative estimate of drug-likeness (QED) is 0.743. The molecule has 2 aliphatic heterocycles. The summed E-state index contributed by atoms with van der Waals surface area (Å²) in [6.07, 6.45) is -2.63. The van der Waals surface area contributed by atoms with Crippen molar-refractivity contribution in [3.05, 3.63) is 23.8 Å². The average molecular weight is 268 g/mol. The summed E-state index contributed by atoms with van der Waals surface area (Å²) in [6.45, 7) is 3.75. The van der Waals surface area contributed by atoms with Crippen LogP contribution in [-0.2, 0) is 4.74 Å². The van der Waals surface area contributed by atoms with Crippen LogP contribution in [0.1, 0.15) is 12.5 Å². The third-order valence-corrected chi connectivity index (χ3v) is 4.74. The van der Waals surface area contributed by atoms with Gasteiger partial charge in [0, 0.05) is 0 Å². The molecule has 0 unspecified atom stereocenters. The molecule has 0 amide bonds. The minimum absolute atomic E-state index is 0.287. The van der Waals surface area contributed by atoms with Gasteiger partial charge in [0.1, 0.15) is 23.2 Å². The molecule has 0 aliphatic carbocycles. The third-order valence-electron chi connectivity index (χ3n) is 3.39. The van der Waals surface area contributed by atoms with E-state index in [9.17, 15) is 10.2 Å². The van der Waals surface area contributed by atoms with Crippen LogP contribution >= 0.6 is 11.8 Å². The van der Waals surface area contributed by atoms with Crippen LogP contribution in [-0.4, -0.2) is 40.1 Å². The summed E-state index contributed by atoms with van der Waals surface area (Å²) in [5.74, 6) is 0.780. The Morgan fingerprint density at radius 3 is 2.78 bits per heavy atom. The van der Waals surface area contributed by atoms with Crippen molar-refractivity contribution in [2.75, 3.05) is 0 Å². The molecule has 2 N–H and O–H groups in total. The van der Waals surface area contributed by atoms with Gasteiger partial charge in [0.05, 0.1) is 11.0 Å². The van der Waals surface area contributed by atoms with Crippen LogP contribution in [0.2, 0.25) is 0 Å². The lowest BCUT2D eigenvalue weighted by molar-refractivity contribution is -0.213. The highest BCUT2D eigenvalue weighted by atomic mass is 32.2. The Hall–Kier alpha value is -0.750. The predicted molar refractivity (Wildman–Crippen MR) is 67.8 cm³/mol. The Kier molecular flexibility index (Phi) is 3.02. The molecule has 98 valence electrons. The van der Waals surface area contributed by atoms with E-state index in [0.717, 1.165) is 16.2 Å². The van der Waals surface area contributed by atoms with E-state index in [1.54, 1.807) is 6.92 Å². The summed E-state index contributed by atoms with van der Waals surface area (Å²) < 4.78 is 11.4. The first-order chi connectivity index (χ1) is 8.56. The zero-order valence-corrected chi connectivity index (χ0v) is 11.1. The monoisotopic (exact) mass is 268 g/mol. The first kappa shape index (κ1) is 12.3. The maximum Gasteiger partial charge on any atom is 0.215 e. The topological polar surface area (TPSA) is 58.9 Å². The van der Waals surface area contributed by atoms with Crippen LogP contribution in [0.4, 0.5) is 0 Å².